The van der Waals surface area contributed by atoms with Crippen molar-refractivity contribution in [1.29, 1.82) is 0 Å². The Bertz CT molecular complexity index is 520. The fourth-order valence-corrected chi connectivity index (χ4v) is 5.20. The molecule has 1 rings (SSSR count). The normalized spacial score (nSPS) is 12.0. The van der Waals surface area contributed by atoms with E-state index in [1.807, 2.05) is 20.4 Å². The van der Waals surface area contributed by atoms with Crippen LogP contribution >= 0.6 is 0 Å². The Morgan fingerprint density at radius 1 is 0.833 bits per heavy atom. The third kappa shape index (κ3) is 6.18. The van der Waals surface area contributed by atoms with E-state index in [0.29, 0.717) is 19.6 Å². The summed E-state index contributed by atoms with van der Waals surface area (Å²) in [6, 6.07) is 1.62. The molecule has 24 heavy (non-hydrogen) atoms. The summed E-state index contributed by atoms with van der Waals surface area (Å²) < 4.78 is 64.2. The summed E-state index contributed by atoms with van der Waals surface area (Å²) in [5.41, 5.74) is -0.116. The van der Waals surface area contributed by atoms with Gasteiger partial charge in [-0.25, -0.2) is 17.6 Å². The van der Waals surface area contributed by atoms with E-state index in [1.165, 1.54) is 0 Å². The Morgan fingerprint density at radius 2 is 1.42 bits per heavy atom. The van der Waals surface area contributed by atoms with Crippen LogP contribution in [-0.2, 0) is 15.3 Å². The number of hydrogen-bond acceptors (Lipinski definition) is 2. The highest BCUT2D eigenvalue weighted by atomic mass is 28.4. The molecule has 0 aromatic heterocycles. The SMILES string of the molecule is CCO[Si](C)(CCCCCCc1cc(F)c(F)c(F)c1F)OCC. The van der Waals surface area contributed by atoms with Crippen LogP contribution in [0.4, 0.5) is 17.6 Å². The van der Waals surface area contributed by atoms with Crippen LogP contribution in [0.15, 0.2) is 6.07 Å². The molecule has 0 unspecified atom stereocenters. The first-order valence-electron chi connectivity index (χ1n) is 8.44. The lowest BCUT2D eigenvalue weighted by Gasteiger charge is -2.25. The Morgan fingerprint density at radius 3 is 2.00 bits per heavy atom. The smallest absolute Gasteiger partial charge is 0.334 e. The van der Waals surface area contributed by atoms with Crippen molar-refractivity contribution in [3.63, 3.8) is 0 Å². The van der Waals surface area contributed by atoms with Crippen molar-refractivity contribution in [3.05, 3.63) is 34.9 Å². The first-order valence-corrected chi connectivity index (χ1v) is 11.0. The zero-order valence-corrected chi connectivity index (χ0v) is 15.6. The van der Waals surface area contributed by atoms with Crippen LogP contribution in [0.5, 0.6) is 0 Å². The van der Waals surface area contributed by atoms with Crippen molar-refractivity contribution in [2.75, 3.05) is 13.2 Å². The molecule has 0 amide bonds. The van der Waals surface area contributed by atoms with Crippen molar-refractivity contribution in [2.24, 2.45) is 0 Å². The van der Waals surface area contributed by atoms with E-state index in [4.69, 9.17) is 8.85 Å². The molecule has 138 valence electrons. The molecule has 0 fully saturated rings. The summed E-state index contributed by atoms with van der Waals surface area (Å²) in [4.78, 5) is 0. The molecule has 0 spiro atoms. The minimum absolute atomic E-state index is 0.116. The zero-order chi connectivity index (χ0) is 18.2. The summed E-state index contributed by atoms with van der Waals surface area (Å²) in [6.45, 7) is 7.19. The van der Waals surface area contributed by atoms with Crippen molar-refractivity contribution in [1.82, 2.24) is 0 Å². The van der Waals surface area contributed by atoms with Crippen molar-refractivity contribution >= 4 is 8.56 Å². The first kappa shape index (κ1) is 21.1. The van der Waals surface area contributed by atoms with Crippen LogP contribution in [0.25, 0.3) is 0 Å². The zero-order valence-electron chi connectivity index (χ0n) is 14.6. The van der Waals surface area contributed by atoms with Crippen molar-refractivity contribution in [2.45, 2.75) is 58.5 Å². The van der Waals surface area contributed by atoms with Gasteiger partial charge in [-0.15, -0.1) is 0 Å². The van der Waals surface area contributed by atoms with E-state index >= 15 is 0 Å². The van der Waals surface area contributed by atoms with Gasteiger partial charge in [-0.3, -0.25) is 0 Å². The van der Waals surface area contributed by atoms with Crippen molar-refractivity contribution < 1.29 is 26.4 Å². The molecule has 1 aromatic rings. The molecule has 0 aliphatic rings. The fraction of sp³-hybridized carbons (Fsp3) is 0.647. The van der Waals surface area contributed by atoms with Gasteiger partial charge >= 0.3 is 8.56 Å². The largest absolute Gasteiger partial charge is 0.395 e. The van der Waals surface area contributed by atoms with Gasteiger partial charge in [0.05, 0.1) is 0 Å². The van der Waals surface area contributed by atoms with Gasteiger partial charge in [0.1, 0.15) is 0 Å². The molecule has 0 saturated heterocycles. The first-order chi connectivity index (χ1) is 11.3. The number of aryl methyl sites for hydroxylation is 1. The van der Waals surface area contributed by atoms with Crippen LogP contribution in [-0.4, -0.2) is 21.8 Å². The van der Waals surface area contributed by atoms with Gasteiger partial charge in [0.15, 0.2) is 23.3 Å². The lowest BCUT2D eigenvalue weighted by atomic mass is 10.1. The monoisotopic (exact) mass is 366 g/mol. The number of unbranched alkanes of at least 4 members (excludes halogenated alkanes) is 3. The average Bonchev–Trinajstić information content (AvgIpc) is 2.53. The van der Waals surface area contributed by atoms with Crippen LogP contribution in [0.2, 0.25) is 12.6 Å². The second-order valence-corrected chi connectivity index (χ2v) is 9.22. The van der Waals surface area contributed by atoms with Gasteiger partial charge < -0.3 is 8.85 Å². The van der Waals surface area contributed by atoms with Gasteiger partial charge in [-0.05, 0) is 50.9 Å². The molecule has 0 bridgehead atoms. The third-order valence-corrected chi connectivity index (χ3v) is 6.96. The minimum atomic E-state index is -2.10. The standard InChI is InChI=1S/C17H26F4O2Si/c1-4-22-24(3,23-5-2)11-9-7-6-8-10-13-12-14(18)16(20)17(21)15(13)19/h12H,4-11H2,1-3H3. The summed E-state index contributed by atoms with van der Waals surface area (Å²) in [6.07, 6.45) is 3.39. The Labute approximate surface area is 142 Å². The lowest BCUT2D eigenvalue weighted by molar-refractivity contribution is 0.188. The van der Waals surface area contributed by atoms with E-state index in [2.05, 4.69) is 0 Å². The van der Waals surface area contributed by atoms with E-state index < -0.39 is 31.8 Å². The maximum absolute atomic E-state index is 13.5. The van der Waals surface area contributed by atoms with Crippen LogP contribution < -0.4 is 0 Å². The molecule has 0 radical (unpaired) electrons. The third-order valence-electron chi connectivity index (χ3n) is 3.90. The van der Waals surface area contributed by atoms with Crippen LogP contribution in [0, 0.1) is 23.3 Å². The fourth-order valence-electron chi connectivity index (χ4n) is 2.72. The summed E-state index contributed by atoms with van der Waals surface area (Å²) in [5, 5.41) is 0. The van der Waals surface area contributed by atoms with Crippen LogP contribution in [0.3, 0.4) is 0 Å². The van der Waals surface area contributed by atoms with E-state index in [0.717, 1.165) is 31.4 Å². The summed E-state index contributed by atoms with van der Waals surface area (Å²) in [5.74, 6) is -6.13. The second-order valence-electron chi connectivity index (χ2n) is 5.87. The molecule has 0 saturated carbocycles. The quantitative estimate of drug-likeness (QED) is 0.169. The highest BCUT2D eigenvalue weighted by Gasteiger charge is 2.29. The van der Waals surface area contributed by atoms with E-state index in [9.17, 15) is 17.6 Å². The number of halogens is 4. The molecule has 0 heterocycles. The van der Waals surface area contributed by atoms with E-state index in [-0.39, 0.29) is 12.0 Å². The predicted molar refractivity (Wildman–Crippen MR) is 88.1 cm³/mol. The van der Waals surface area contributed by atoms with Crippen LogP contribution in [0.1, 0.15) is 45.1 Å². The number of rotatable bonds is 11. The predicted octanol–water partition coefficient (Wildman–Crippen LogP) is 5.49. The molecule has 0 N–H and O–H groups in total. The molecule has 0 aliphatic carbocycles. The molecular formula is C17H26F4O2Si. The number of benzene rings is 1. The average molecular weight is 366 g/mol. The molecule has 0 atom stereocenters. The molecule has 1 aromatic carbocycles. The highest BCUT2D eigenvalue weighted by Crippen LogP contribution is 2.22. The maximum Gasteiger partial charge on any atom is 0.334 e. The molecule has 0 aliphatic heterocycles. The van der Waals surface area contributed by atoms with Gasteiger partial charge in [-0.1, -0.05) is 19.3 Å². The second kappa shape index (κ2) is 10.2. The summed E-state index contributed by atoms with van der Waals surface area (Å²) >= 11 is 0. The highest BCUT2D eigenvalue weighted by molar-refractivity contribution is 6.66. The lowest BCUT2D eigenvalue weighted by Crippen LogP contribution is -2.38. The molecule has 2 nitrogen and oxygen atoms in total. The summed E-state index contributed by atoms with van der Waals surface area (Å²) in [7, 11) is -2.10. The van der Waals surface area contributed by atoms with Crippen molar-refractivity contribution in [3.8, 4) is 0 Å². The Hall–Kier alpha value is -0.923. The molecular weight excluding hydrogens is 340 g/mol. The number of hydrogen-bond donors (Lipinski definition) is 0. The molecule has 7 heteroatoms. The topological polar surface area (TPSA) is 18.5 Å². The Balaban J connectivity index is 2.37. The minimum Gasteiger partial charge on any atom is -0.395 e. The van der Waals surface area contributed by atoms with Gasteiger partial charge in [0.25, 0.3) is 0 Å². The van der Waals surface area contributed by atoms with Gasteiger partial charge in [0.2, 0.25) is 0 Å². The Kier molecular flexibility index (Phi) is 8.94. The van der Waals surface area contributed by atoms with Gasteiger partial charge in [0, 0.05) is 13.2 Å². The van der Waals surface area contributed by atoms with E-state index in [1.54, 1.807) is 0 Å². The maximum atomic E-state index is 13.5. The van der Waals surface area contributed by atoms with Gasteiger partial charge in [-0.2, -0.15) is 0 Å².